The van der Waals surface area contributed by atoms with Crippen molar-refractivity contribution in [3.05, 3.63) is 29.8 Å². The Balaban J connectivity index is 2.88. The van der Waals surface area contributed by atoms with E-state index < -0.39 is 0 Å². The van der Waals surface area contributed by atoms with Gasteiger partial charge in [0.15, 0.2) is 0 Å². The van der Waals surface area contributed by atoms with Crippen LogP contribution in [-0.2, 0) is 5.88 Å². The van der Waals surface area contributed by atoms with E-state index in [1.807, 2.05) is 0 Å². The lowest BCUT2D eigenvalue weighted by Crippen LogP contribution is -1.73. The van der Waals surface area contributed by atoms with Crippen molar-refractivity contribution < 1.29 is 5.11 Å². The van der Waals surface area contributed by atoms with Gasteiger partial charge >= 0.3 is 0 Å². The van der Waals surface area contributed by atoms with Crippen molar-refractivity contribution in [2.75, 3.05) is 0 Å². The summed E-state index contributed by atoms with van der Waals surface area (Å²) in [6, 6.07) is 6.83. The fraction of sp³-hybridized carbons (Fsp3) is 0.143. The van der Waals surface area contributed by atoms with Crippen LogP contribution in [0.4, 0.5) is 0 Å². The molecular weight excluding hydrogens is 136 g/mol. The fourth-order valence-corrected chi connectivity index (χ4v) is 0.763. The molecule has 0 unspecified atom stereocenters. The summed E-state index contributed by atoms with van der Waals surface area (Å²) in [5.74, 6) is 0.782. The molecule has 0 aliphatic heterocycles. The van der Waals surface area contributed by atoms with Crippen LogP contribution >= 0.6 is 11.6 Å². The van der Waals surface area contributed by atoms with Crippen molar-refractivity contribution >= 4 is 11.6 Å². The highest BCUT2D eigenvalue weighted by Crippen LogP contribution is 2.10. The van der Waals surface area contributed by atoms with E-state index in [9.17, 15) is 0 Å². The van der Waals surface area contributed by atoms with Crippen LogP contribution in [-0.4, -0.2) is 5.11 Å². The predicted octanol–water partition coefficient (Wildman–Crippen LogP) is 2.13. The molecule has 0 saturated carbocycles. The Kier molecular flexibility index (Phi) is 1.96. The van der Waals surface area contributed by atoms with Gasteiger partial charge in [0.05, 0.1) is 0 Å². The zero-order valence-electron chi connectivity index (χ0n) is 4.84. The SMILES string of the molecule is Oc1ccc(CCl)cc1. The van der Waals surface area contributed by atoms with Gasteiger partial charge in [0.25, 0.3) is 0 Å². The molecule has 0 atom stereocenters. The summed E-state index contributed by atoms with van der Waals surface area (Å²) in [4.78, 5) is 0. The number of alkyl halides is 1. The molecule has 1 aromatic rings. The molecule has 0 bridgehead atoms. The van der Waals surface area contributed by atoms with Gasteiger partial charge < -0.3 is 5.11 Å². The number of halogens is 1. The Bertz CT molecular complexity index is 181. The molecule has 1 aromatic carbocycles. The first kappa shape index (κ1) is 6.43. The van der Waals surface area contributed by atoms with Gasteiger partial charge in [-0.2, -0.15) is 0 Å². The molecule has 0 spiro atoms. The summed E-state index contributed by atoms with van der Waals surface area (Å²) in [7, 11) is 0. The van der Waals surface area contributed by atoms with E-state index in [1.54, 1.807) is 24.3 Å². The van der Waals surface area contributed by atoms with E-state index in [-0.39, 0.29) is 5.75 Å². The largest absolute Gasteiger partial charge is 0.508 e. The number of benzene rings is 1. The molecule has 0 heterocycles. The number of hydrogen-bond donors (Lipinski definition) is 1. The number of phenols is 1. The van der Waals surface area contributed by atoms with Gasteiger partial charge in [-0.25, -0.2) is 0 Å². The Labute approximate surface area is 58.9 Å². The zero-order valence-corrected chi connectivity index (χ0v) is 5.60. The molecule has 1 nitrogen and oxygen atoms in total. The molecule has 2 heteroatoms. The van der Waals surface area contributed by atoms with Crippen LogP contribution in [0, 0.1) is 0 Å². The summed E-state index contributed by atoms with van der Waals surface area (Å²) in [6.45, 7) is 0. The van der Waals surface area contributed by atoms with E-state index in [4.69, 9.17) is 16.7 Å². The first-order valence-electron chi connectivity index (χ1n) is 2.67. The monoisotopic (exact) mass is 142 g/mol. The molecule has 0 aliphatic carbocycles. The topological polar surface area (TPSA) is 20.2 Å². The second kappa shape index (κ2) is 2.74. The van der Waals surface area contributed by atoms with Crippen LogP contribution in [0.3, 0.4) is 0 Å². The van der Waals surface area contributed by atoms with Crippen molar-refractivity contribution in [1.82, 2.24) is 0 Å². The smallest absolute Gasteiger partial charge is 0.115 e. The van der Waals surface area contributed by atoms with Crippen molar-refractivity contribution in [3.63, 3.8) is 0 Å². The lowest BCUT2D eigenvalue weighted by Gasteiger charge is -1.92. The first-order valence-corrected chi connectivity index (χ1v) is 3.20. The van der Waals surface area contributed by atoms with Crippen molar-refractivity contribution in [1.29, 1.82) is 0 Å². The zero-order chi connectivity index (χ0) is 6.69. The highest BCUT2D eigenvalue weighted by Gasteiger charge is 1.87. The molecule has 0 aromatic heterocycles. The van der Waals surface area contributed by atoms with E-state index >= 15 is 0 Å². The van der Waals surface area contributed by atoms with Gasteiger partial charge in [-0.1, -0.05) is 12.1 Å². The van der Waals surface area contributed by atoms with Crippen LogP contribution in [0.25, 0.3) is 0 Å². The molecule has 0 amide bonds. The van der Waals surface area contributed by atoms with E-state index in [1.165, 1.54) is 0 Å². The van der Waals surface area contributed by atoms with Gasteiger partial charge in [-0.05, 0) is 17.7 Å². The Morgan fingerprint density at radius 3 is 2.22 bits per heavy atom. The minimum atomic E-state index is 0.281. The molecule has 48 valence electrons. The van der Waals surface area contributed by atoms with Gasteiger partial charge in [-0.15, -0.1) is 11.6 Å². The van der Waals surface area contributed by atoms with Gasteiger partial charge in [0.1, 0.15) is 5.75 Å². The Morgan fingerprint density at radius 1 is 1.22 bits per heavy atom. The maximum atomic E-state index is 8.81. The summed E-state index contributed by atoms with van der Waals surface area (Å²) in [6.07, 6.45) is 0. The molecule has 1 rings (SSSR count). The van der Waals surface area contributed by atoms with Crippen LogP contribution in [0.1, 0.15) is 5.56 Å². The summed E-state index contributed by atoms with van der Waals surface area (Å²) >= 11 is 5.50. The molecular formula is C7H7ClO. The summed E-state index contributed by atoms with van der Waals surface area (Å²) in [5, 5.41) is 8.81. The lowest BCUT2D eigenvalue weighted by atomic mass is 10.2. The van der Waals surface area contributed by atoms with E-state index in [0.29, 0.717) is 5.88 Å². The number of aromatic hydroxyl groups is 1. The molecule has 0 fully saturated rings. The van der Waals surface area contributed by atoms with Crippen molar-refractivity contribution in [2.24, 2.45) is 0 Å². The number of hydrogen-bond acceptors (Lipinski definition) is 1. The number of rotatable bonds is 1. The van der Waals surface area contributed by atoms with Gasteiger partial charge in [0.2, 0.25) is 0 Å². The van der Waals surface area contributed by atoms with Crippen molar-refractivity contribution in [3.8, 4) is 5.75 Å². The summed E-state index contributed by atoms with van der Waals surface area (Å²) < 4.78 is 0. The normalized spacial score (nSPS) is 9.44. The predicted molar refractivity (Wildman–Crippen MR) is 37.7 cm³/mol. The maximum absolute atomic E-state index is 8.81. The van der Waals surface area contributed by atoms with E-state index in [2.05, 4.69) is 0 Å². The van der Waals surface area contributed by atoms with Gasteiger partial charge in [-0.3, -0.25) is 0 Å². The minimum absolute atomic E-state index is 0.281. The fourth-order valence-electron chi connectivity index (χ4n) is 0.585. The summed E-state index contributed by atoms with van der Waals surface area (Å²) in [5.41, 5.74) is 1.02. The van der Waals surface area contributed by atoms with Crippen LogP contribution in [0.5, 0.6) is 5.75 Å². The average Bonchev–Trinajstić information content (AvgIpc) is 1.90. The Morgan fingerprint density at radius 2 is 1.78 bits per heavy atom. The third-order valence-corrected chi connectivity index (χ3v) is 1.40. The van der Waals surface area contributed by atoms with E-state index in [0.717, 1.165) is 5.56 Å². The van der Waals surface area contributed by atoms with Crippen molar-refractivity contribution in [2.45, 2.75) is 5.88 Å². The minimum Gasteiger partial charge on any atom is -0.508 e. The first-order chi connectivity index (χ1) is 4.33. The average molecular weight is 143 g/mol. The van der Waals surface area contributed by atoms with Gasteiger partial charge in [0, 0.05) is 5.88 Å². The highest BCUT2D eigenvalue weighted by molar-refractivity contribution is 6.17. The maximum Gasteiger partial charge on any atom is 0.115 e. The molecule has 0 radical (unpaired) electrons. The standard InChI is InChI=1S/C7H7ClO/c8-5-6-1-3-7(9)4-2-6/h1-4,9H,5H2. The van der Waals surface area contributed by atoms with Crippen LogP contribution in [0.2, 0.25) is 0 Å². The molecule has 1 N–H and O–H groups in total. The third kappa shape index (κ3) is 1.61. The Hall–Kier alpha value is -0.690. The van der Waals surface area contributed by atoms with Crippen LogP contribution < -0.4 is 0 Å². The second-order valence-corrected chi connectivity index (χ2v) is 2.07. The van der Waals surface area contributed by atoms with Crippen LogP contribution in [0.15, 0.2) is 24.3 Å². The molecule has 0 saturated heterocycles. The molecule has 9 heavy (non-hydrogen) atoms. The quantitative estimate of drug-likeness (QED) is 0.596. The lowest BCUT2D eigenvalue weighted by molar-refractivity contribution is 0.475. The molecule has 0 aliphatic rings. The highest BCUT2D eigenvalue weighted by atomic mass is 35.5. The second-order valence-electron chi connectivity index (χ2n) is 1.80. The number of phenolic OH excluding ortho intramolecular Hbond substituents is 1. The third-order valence-electron chi connectivity index (χ3n) is 1.09.